The van der Waals surface area contributed by atoms with Crippen molar-refractivity contribution >= 4 is 26.9 Å². The summed E-state index contributed by atoms with van der Waals surface area (Å²) in [5.41, 5.74) is 2.73. The minimum absolute atomic E-state index is 0.238. The van der Waals surface area contributed by atoms with Crippen LogP contribution in [0.1, 0.15) is 42.7 Å². The number of aromatic amines is 1. The zero-order valence-electron chi connectivity index (χ0n) is 19.3. The Hall–Kier alpha value is -3.59. The fraction of sp³-hybridized carbons (Fsp3) is 0.240. The van der Waals surface area contributed by atoms with Gasteiger partial charge in [0.1, 0.15) is 11.3 Å². The van der Waals surface area contributed by atoms with Gasteiger partial charge in [-0.3, -0.25) is 4.79 Å². The van der Waals surface area contributed by atoms with Crippen molar-refractivity contribution in [3.8, 4) is 11.3 Å². The van der Waals surface area contributed by atoms with E-state index < -0.39 is 21.1 Å². The van der Waals surface area contributed by atoms with Crippen molar-refractivity contribution in [3.05, 3.63) is 77.9 Å². The summed E-state index contributed by atoms with van der Waals surface area (Å²) < 4.78 is 39.0. The lowest BCUT2D eigenvalue weighted by Gasteiger charge is -2.25. The van der Waals surface area contributed by atoms with Gasteiger partial charge >= 0.3 is 0 Å². The van der Waals surface area contributed by atoms with Crippen molar-refractivity contribution in [2.75, 3.05) is 7.05 Å². The van der Waals surface area contributed by atoms with Gasteiger partial charge in [0.05, 0.1) is 33.6 Å². The van der Waals surface area contributed by atoms with E-state index in [-0.39, 0.29) is 16.6 Å². The third-order valence-electron chi connectivity index (χ3n) is 5.97. The topological polar surface area (TPSA) is 96.0 Å². The van der Waals surface area contributed by atoms with Crippen LogP contribution in [0.4, 0.5) is 4.39 Å². The fourth-order valence-electron chi connectivity index (χ4n) is 3.67. The van der Waals surface area contributed by atoms with Crippen molar-refractivity contribution in [2.24, 2.45) is 0 Å². The number of nitrogens with one attached hydrogen (secondary N) is 1. The van der Waals surface area contributed by atoms with Crippen LogP contribution in [0.3, 0.4) is 0 Å². The van der Waals surface area contributed by atoms with E-state index in [4.69, 9.17) is 0 Å². The molecule has 0 aliphatic heterocycles. The summed E-state index contributed by atoms with van der Waals surface area (Å²) >= 11 is 0. The molecule has 0 fully saturated rings. The summed E-state index contributed by atoms with van der Waals surface area (Å²) in [5.74, 6) is -0.703. The summed E-state index contributed by atoms with van der Waals surface area (Å²) in [6.45, 7) is 5.03. The lowest BCUT2D eigenvalue weighted by atomic mass is 10.1. The van der Waals surface area contributed by atoms with Gasteiger partial charge in [-0.2, -0.15) is 0 Å². The molecule has 7 nitrogen and oxygen atoms in total. The second-order valence-corrected chi connectivity index (χ2v) is 10.9. The average Bonchev–Trinajstić information content (AvgIpc) is 3.26. The van der Waals surface area contributed by atoms with E-state index in [9.17, 15) is 17.6 Å². The van der Waals surface area contributed by atoms with Gasteiger partial charge in [-0.15, -0.1) is 0 Å². The molecule has 4 aromatic rings. The second kappa shape index (κ2) is 8.98. The van der Waals surface area contributed by atoms with Crippen LogP contribution in [-0.2, 0) is 9.84 Å². The van der Waals surface area contributed by atoms with Gasteiger partial charge in [0.15, 0.2) is 15.5 Å². The maximum Gasteiger partial charge on any atom is 0.257 e. The number of halogens is 1. The van der Waals surface area contributed by atoms with Gasteiger partial charge in [0, 0.05) is 24.4 Å². The molecule has 4 rings (SSSR count). The maximum absolute atomic E-state index is 14.2. The summed E-state index contributed by atoms with van der Waals surface area (Å²) in [4.78, 5) is 26.9. The first-order chi connectivity index (χ1) is 16.1. The zero-order valence-corrected chi connectivity index (χ0v) is 20.1. The van der Waals surface area contributed by atoms with E-state index in [2.05, 4.69) is 15.0 Å². The SMILES string of the molecule is CC(c1ccccc1F)N(C)C(=O)c1c[nH]c2ncc(-c3ccc(S(=O)(=O)C(C)C)cc3)nc12. The number of aromatic nitrogens is 3. The van der Waals surface area contributed by atoms with E-state index in [1.54, 1.807) is 82.7 Å². The molecule has 0 saturated carbocycles. The smallest absolute Gasteiger partial charge is 0.257 e. The third-order valence-corrected chi connectivity index (χ3v) is 8.14. The highest BCUT2D eigenvalue weighted by molar-refractivity contribution is 7.92. The minimum atomic E-state index is -3.38. The van der Waals surface area contributed by atoms with Crippen molar-refractivity contribution in [2.45, 2.75) is 37.0 Å². The highest BCUT2D eigenvalue weighted by Gasteiger charge is 2.25. The summed E-state index contributed by atoms with van der Waals surface area (Å²) in [7, 11) is -1.77. The molecule has 1 N–H and O–H groups in total. The molecule has 1 amide bonds. The highest BCUT2D eigenvalue weighted by Crippen LogP contribution is 2.27. The number of nitrogens with zero attached hydrogens (tertiary/aromatic N) is 3. The molecular weight excluding hydrogens is 455 g/mol. The molecular formula is C25H25FN4O3S. The van der Waals surface area contributed by atoms with Gasteiger partial charge in [-0.05, 0) is 39.0 Å². The predicted octanol–water partition coefficient (Wildman–Crippen LogP) is 4.78. The molecule has 0 bridgehead atoms. The molecule has 1 atom stereocenters. The number of sulfone groups is 1. The van der Waals surface area contributed by atoms with Gasteiger partial charge in [0.2, 0.25) is 0 Å². The number of hydrogen-bond donors (Lipinski definition) is 1. The Labute approximate surface area is 197 Å². The van der Waals surface area contributed by atoms with Crippen LogP contribution in [0.25, 0.3) is 22.4 Å². The molecule has 9 heteroatoms. The molecule has 0 aliphatic carbocycles. The second-order valence-electron chi connectivity index (χ2n) is 8.39. The Morgan fingerprint density at radius 1 is 1.06 bits per heavy atom. The molecule has 2 aromatic carbocycles. The Kier molecular flexibility index (Phi) is 6.22. The number of rotatable bonds is 6. The molecule has 176 valence electrons. The van der Waals surface area contributed by atoms with E-state index in [0.717, 1.165) is 0 Å². The Morgan fingerprint density at radius 3 is 2.38 bits per heavy atom. The number of carbonyl (C=O) groups is 1. The van der Waals surface area contributed by atoms with Crippen molar-refractivity contribution in [3.63, 3.8) is 0 Å². The number of benzene rings is 2. The van der Waals surface area contributed by atoms with Gasteiger partial charge in [0.25, 0.3) is 5.91 Å². The number of fused-ring (bicyclic) bond motifs is 1. The first-order valence-corrected chi connectivity index (χ1v) is 12.4. The van der Waals surface area contributed by atoms with Crippen LogP contribution in [0.5, 0.6) is 0 Å². The normalized spacial score (nSPS) is 12.8. The molecule has 0 radical (unpaired) electrons. The number of hydrogen-bond acceptors (Lipinski definition) is 5. The van der Waals surface area contributed by atoms with E-state index in [0.29, 0.717) is 33.5 Å². The van der Waals surface area contributed by atoms with Crippen molar-refractivity contribution in [1.29, 1.82) is 0 Å². The summed E-state index contributed by atoms with van der Waals surface area (Å²) in [6.07, 6.45) is 3.10. The molecule has 0 saturated heterocycles. The Balaban J connectivity index is 1.67. The molecule has 0 spiro atoms. The van der Waals surface area contributed by atoms with Crippen LogP contribution in [0.2, 0.25) is 0 Å². The molecule has 2 aromatic heterocycles. The summed E-state index contributed by atoms with van der Waals surface area (Å²) in [6, 6.07) is 12.3. The Bertz CT molecular complexity index is 1460. The fourth-order valence-corrected chi connectivity index (χ4v) is 4.73. The Morgan fingerprint density at radius 2 is 1.74 bits per heavy atom. The van der Waals surface area contributed by atoms with Crippen LogP contribution in [0, 0.1) is 5.82 Å². The van der Waals surface area contributed by atoms with Gasteiger partial charge < -0.3 is 9.88 Å². The first kappa shape index (κ1) is 23.6. The highest BCUT2D eigenvalue weighted by atomic mass is 32.2. The van der Waals surface area contributed by atoms with Gasteiger partial charge in [-0.1, -0.05) is 30.3 Å². The monoisotopic (exact) mass is 480 g/mol. The average molecular weight is 481 g/mol. The van der Waals surface area contributed by atoms with E-state index >= 15 is 0 Å². The molecule has 34 heavy (non-hydrogen) atoms. The maximum atomic E-state index is 14.2. The van der Waals surface area contributed by atoms with Crippen LogP contribution in [-0.4, -0.2) is 46.5 Å². The quantitative estimate of drug-likeness (QED) is 0.428. The molecule has 2 heterocycles. The lowest BCUT2D eigenvalue weighted by Crippen LogP contribution is -2.30. The summed E-state index contributed by atoms with van der Waals surface area (Å²) in [5, 5.41) is -0.522. The van der Waals surface area contributed by atoms with Crippen LogP contribution >= 0.6 is 0 Å². The molecule has 0 aliphatic rings. The minimum Gasteiger partial charge on any atom is -0.344 e. The largest absolute Gasteiger partial charge is 0.344 e. The van der Waals surface area contributed by atoms with Gasteiger partial charge in [-0.25, -0.2) is 22.8 Å². The number of carbonyl (C=O) groups excluding carboxylic acids is 1. The predicted molar refractivity (Wildman–Crippen MR) is 129 cm³/mol. The standard InChI is InChI=1S/C25H25FN4O3S/c1-15(2)34(32,33)18-11-9-17(10-12-18)22-14-28-24-23(29-22)20(13-27-24)25(31)30(4)16(3)19-7-5-6-8-21(19)26/h5-16H,1-4H3,(H,27,28). The number of amides is 1. The van der Waals surface area contributed by atoms with Crippen molar-refractivity contribution < 1.29 is 17.6 Å². The van der Waals surface area contributed by atoms with E-state index in [1.807, 2.05) is 0 Å². The lowest BCUT2D eigenvalue weighted by molar-refractivity contribution is 0.0742. The van der Waals surface area contributed by atoms with Crippen molar-refractivity contribution in [1.82, 2.24) is 19.9 Å². The van der Waals surface area contributed by atoms with Crippen LogP contribution in [0.15, 0.2) is 65.8 Å². The van der Waals surface area contributed by atoms with E-state index in [1.165, 1.54) is 11.0 Å². The molecule has 1 unspecified atom stereocenters. The zero-order chi connectivity index (χ0) is 24.6. The first-order valence-electron chi connectivity index (χ1n) is 10.8. The third kappa shape index (κ3) is 4.19. The number of H-pyrrole nitrogens is 1. The van der Waals surface area contributed by atoms with Crippen LogP contribution < -0.4 is 0 Å².